The van der Waals surface area contributed by atoms with E-state index in [1.807, 2.05) is 73.6 Å². The molecule has 0 atom stereocenters. The van der Waals surface area contributed by atoms with E-state index >= 15 is 0 Å². The van der Waals surface area contributed by atoms with Gasteiger partial charge in [0.15, 0.2) is 23.3 Å². The van der Waals surface area contributed by atoms with Crippen molar-refractivity contribution in [1.29, 1.82) is 0 Å². The molecule has 2 N–H and O–H groups in total. The summed E-state index contributed by atoms with van der Waals surface area (Å²) in [5, 5.41) is 32.8. The summed E-state index contributed by atoms with van der Waals surface area (Å²) in [5.41, 5.74) is -0.660. The minimum Gasteiger partial charge on any atom is -0.286 e. The summed E-state index contributed by atoms with van der Waals surface area (Å²) in [6, 6.07) is 5.55. The lowest BCUT2D eigenvalue weighted by atomic mass is 9.84. The van der Waals surface area contributed by atoms with E-state index in [2.05, 4.69) is 10.2 Å². The highest BCUT2D eigenvalue weighted by Gasteiger charge is 2.50. The predicted molar refractivity (Wildman–Crippen MR) is 135 cm³/mol. The number of aliphatic imine (C=N–C) groups is 2. The second-order valence-corrected chi connectivity index (χ2v) is 11.4. The number of amidine groups is 2. The molecular formula is C25H33N9O2. The molecule has 2 aliphatic heterocycles. The maximum Gasteiger partial charge on any atom is 0.159 e. The third kappa shape index (κ3) is 3.37. The predicted octanol–water partition coefficient (Wildman–Crippen LogP) is 3.47. The monoisotopic (exact) mass is 491 g/mol. The molecule has 2 aliphatic rings. The van der Waals surface area contributed by atoms with Gasteiger partial charge in [-0.2, -0.15) is 10.2 Å². The second-order valence-electron chi connectivity index (χ2n) is 11.4. The summed E-state index contributed by atoms with van der Waals surface area (Å²) in [6.45, 7) is 15.8. The lowest BCUT2D eigenvalue weighted by Gasteiger charge is -2.36. The zero-order valence-electron chi connectivity index (χ0n) is 22.0. The molecule has 0 bridgehead atoms. The van der Waals surface area contributed by atoms with E-state index in [4.69, 9.17) is 15.0 Å². The third-order valence-corrected chi connectivity index (χ3v) is 8.10. The van der Waals surface area contributed by atoms with Gasteiger partial charge < -0.3 is 0 Å². The van der Waals surface area contributed by atoms with Crippen LogP contribution in [0.2, 0.25) is 0 Å². The average molecular weight is 492 g/mol. The highest BCUT2D eigenvalue weighted by atomic mass is 16.5. The van der Waals surface area contributed by atoms with Crippen molar-refractivity contribution in [3.63, 3.8) is 0 Å². The molecule has 11 heteroatoms. The molecule has 5 rings (SSSR count). The first kappa shape index (κ1) is 24.1. The molecule has 0 radical (unpaired) electrons. The van der Waals surface area contributed by atoms with Gasteiger partial charge in [0.25, 0.3) is 0 Å². The van der Waals surface area contributed by atoms with Gasteiger partial charge in [-0.15, -0.1) is 0 Å². The lowest BCUT2D eigenvalue weighted by Crippen LogP contribution is -2.51. The van der Waals surface area contributed by atoms with Crippen molar-refractivity contribution in [2.45, 2.75) is 77.5 Å². The first-order valence-corrected chi connectivity index (χ1v) is 11.9. The standard InChI is InChI=1S/C25H33N9O2/c1-22(2)24(5,6)33(35)20(29-22)16-12-26-31(14-16)18-10-9-11-19(28-18)32-15-17(13-27-32)21-30-23(3,4)25(7,8)34(21)36/h9-15,35-36H,1-8H3. The van der Waals surface area contributed by atoms with Crippen LogP contribution in [-0.2, 0) is 0 Å². The molecule has 0 fully saturated rings. The Bertz CT molecular complexity index is 1290. The molecule has 0 aromatic carbocycles. The van der Waals surface area contributed by atoms with Gasteiger partial charge >= 0.3 is 0 Å². The highest BCUT2D eigenvalue weighted by Crippen LogP contribution is 2.39. The van der Waals surface area contributed by atoms with Crippen LogP contribution < -0.4 is 0 Å². The Labute approximate surface area is 210 Å². The van der Waals surface area contributed by atoms with E-state index in [0.717, 1.165) is 0 Å². The van der Waals surface area contributed by atoms with Crippen LogP contribution in [0.1, 0.15) is 66.5 Å². The Morgan fingerprint density at radius 3 is 1.36 bits per heavy atom. The summed E-state index contributed by atoms with van der Waals surface area (Å²) >= 11 is 0. The van der Waals surface area contributed by atoms with Gasteiger partial charge in [0.1, 0.15) is 0 Å². The van der Waals surface area contributed by atoms with Crippen molar-refractivity contribution in [1.82, 2.24) is 34.7 Å². The summed E-state index contributed by atoms with van der Waals surface area (Å²) in [5.74, 6) is 2.12. The SMILES string of the molecule is CC1(C)N=C(c2cnn(-c3cccc(-n4cc(C5=NC(C)(C)C(C)(C)N5O)cn4)n3)c2)N(O)C1(C)C. The van der Waals surface area contributed by atoms with Gasteiger partial charge in [0.05, 0.1) is 45.7 Å². The van der Waals surface area contributed by atoms with Crippen LogP contribution in [0.4, 0.5) is 0 Å². The quantitative estimate of drug-likeness (QED) is 0.573. The molecule has 0 saturated heterocycles. The lowest BCUT2D eigenvalue weighted by molar-refractivity contribution is -0.0993. The Morgan fingerprint density at radius 1 is 0.639 bits per heavy atom. The summed E-state index contributed by atoms with van der Waals surface area (Å²) in [4.78, 5) is 14.2. The topological polar surface area (TPSA) is 120 Å². The fourth-order valence-electron chi connectivity index (χ4n) is 4.11. The van der Waals surface area contributed by atoms with Crippen molar-refractivity contribution in [2.24, 2.45) is 9.98 Å². The van der Waals surface area contributed by atoms with Crippen LogP contribution in [0.25, 0.3) is 11.6 Å². The number of hydroxylamine groups is 4. The number of hydrogen-bond acceptors (Lipinski definition) is 9. The maximum atomic E-state index is 10.8. The Balaban J connectivity index is 1.43. The number of hydrogen-bond donors (Lipinski definition) is 2. The van der Waals surface area contributed by atoms with E-state index in [1.54, 1.807) is 34.2 Å². The van der Waals surface area contributed by atoms with Crippen molar-refractivity contribution in [2.75, 3.05) is 0 Å². The molecule has 190 valence electrons. The highest BCUT2D eigenvalue weighted by molar-refractivity contribution is 6.00. The molecule has 36 heavy (non-hydrogen) atoms. The van der Waals surface area contributed by atoms with Gasteiger partial charge in [0, 0.05) is 12.4 Å². The minimum atomic E-state index is -0.557. The third-order valence-electron chi connectivity index (χ3n) is 8.10. The number of rotatable bonds is 4. The van der Waals surface area contributed by atoms with Crippen LogP contribution in [0.3, 0.4) is 0 Å². The molecule has 0 aliphatic carbocycles. The number of aromatic nitrogens is 5. The molecule has 3 aromatic heterocycles. The van der Waals surface area contributed by atoms with Crippen molar-refractivity contribution in [3.05, 3.63) is 54.1 Å². The van der Waals surface area contributed by atoms with Crippen LogP contribution in [0, 0.1) is 0 Å². The first-order chi connectivity index (χ1) is 16.7. The summed E-state index contributed by atoms with van der Waals surface area (Å²) < 4.78 is 3.28. The Kier molecular flexibility index (Phi) is 5.01. The summed E-state index contributed by atoms with van der Waals surface area (Å²) in [7, 11) is 0. The van der Waals surface area contributed by atoms with Gasteiger partial charge in [-0.1, -0.05) is 6.07 Å². The fourth-order valence-corrected chi connectivity index (χ4v) is 4.11. The Morgan fingerprint density at radius 2 is 1.03 bits per heavy atom. The molecule has 0 amide bonds. The van der Waals surface area contributed by atoms with E-state index in [0.29, 0.717) is 34.4 Å². The molecule has 0 saturated carbocycles. The number of pyridine rings is 1. The zero-order valence-corrected chi connectivity index (χ0v) is 22.0. The van der Waals surface area contributed by atoms with Crippen molar-refractivity contribution in [3.8, 4) is 11.6 Å². The smallest absolute Gasteiger partial charge is 0.159 e. The van der Waals surface area contributed by atoms with E-state index in [9.17, 15) is 10.4 Å². The Hall–Kier alpha value is -3.57. The van der Waals surface area contributed by atoms with Crippen LogP contribution in [0.5, 0.6) is 0 Å². The molecular weight excluding hydrogens is 458 g/mol. The maximum absolute atomic E-state index is 10.8. The molecule has 11 nitrogen and oxygen atoms in total. The molecule has 5 heterocycles. The van der Waals surface area contributed by atoms with Crippen LogP contribution >= 0.6 is 0 Å². The second kappa shape index (κ2) is 7.47. The van der Waals surface area contributed by atoms with Crippen LogP contribution in [0.15, 0.2) is 53.0 Å². The van der Waals surface area contributed by atoms with E-state index < -0.39 is 22.2 Å². The normalized spacial score (nSPS) is 21.6. The molecule has 3 aromatic rings. The van der Waals surface area contributed by atoms with Crippen LogP contribution in [-0.4, -0.2) is 78.9 Å². The van der Waals surface area contributed by atoms with Gasteiger partial charge in [-0.3, -0.25) is 20.4 Å². The van der Waals surface area contributed by atoms with E-state index in [1.165, 1.54) is 10.1 Å². The van der Waals surface area contributed by atoms with Gasteiger partial charge in [-0.25, -0.2) is 24.5 Å². The van der Waals surface area contributed by atoms with Crippen molar-refractivity contribution < 1.29 is 10.4 Å². The molecule has 0 unspecified atom stereocenters. The van der Waals surface area contributed by atoms with Gasteiger partial charge in [0.2, 0.25) is 0 Å². The average Bonchev–Trinajstić information content (AvgIpc) is 3.55. The molecule has 0 spiro atoms. The summed E-state index contributed by atoms with van der Waals surface area (Å²) in [6.07, 6.45) is 6.91. The fraction of sp³-hybridized carbons (Fsp3) is 0.480. The van der Waals surface area contributed by atoms with E-state index in [-0.39, 0.29) is 0 Å². The largest absolute Gasteiger partial charge is 0.286 e. The zero-order chi connectivity index (χ0) is 26.3. The number of nitrogens with zero attached hydrogens (tertiary/aromatic N) is 9. The van der Waals surface area contributed by atoms with Gasteiger partial charge in [-0.05, 0) is 67.5 Å². The van der Waals surface area contributed by atoms with Crippen molar-refractivity contribution >= 4 is 11.7 Å². The minimum absolute atomic E-state index is 0.465. The first-order valence-electron chi connectivity index (χ1n) is 11.9.